The van der Waals surface area contributed by atoms with E-state index in [0.717, 1.165) is 38.9 Å². The molecule has 19 heavy (non-hydrogen) atoms. The van der Waals surface area contributed by atoms with Crippen molar-refractivity contribution in [3.8, 4) is 0 Å². The molecule has 0 unspecified atom stereocenters. The number of nitrogens with zero attached hydrogens (tertiary/aromatic N) is 1. The van der Waals surface area contributed by atoms with Crippen molar-refractivity contribution in [2.24, 2.45) is 0 Å². The number of ether oxygens (including phenoxy) is 1. The lowest BCUT2D eigenvalue weighted by molar-refractivity contribution is -0.144. The number of carbonyl (C=O) groups excluding carboxylic acids is 1. The van der Waals surface area contributed by atoms with Gasteiger partial charge in [-0.1, -0.05) is 6.42 Å². The highest BCUT2D eigenvalue weighted by molar-refractivity contribution is 5.69. The van der Waals surface area contributed by atoms with Crippen molar-refractivity contribution in [1.29, 1.82) is 0 Å². The maximum Gasteiger partial charge on any atom is 0.307 e. The summed E-state index contributed by atoms with van der Waals surface area (Å²) >= 11 is 0. The SMILES string of the molecule is CC(C)(O)CCCCOC(=O)CCN1CCCCC1. The van der Waals surface area contributed by atoms with E-state index in [1.165, 1.54) is 19.3 Å². The summed E-state index contributed by atoms with van der Waals surface area (Å²) in [5, 5.41) is 9.54. The molecule has 0 radical (unpaired) electrons. The van der Waals surface area contributed by atoms with E-state index in [4.69, 9.17) is 4.74 Å². The maximum absolute atomic E-state index is 11.5. The first kappa shape index (κ1) is 16.4. The van der Waals surface area contributed by atoms with Gasteiger partial charge in [-0.15, -0.1) is 0 Å². The van der Waals surface area contributed by atoms with Crippen LogP contribution in [0.3, 0.4) is 0 Å². The van der Waals surface area contributed by atoms with E-state index in [2.05, 4.69) is 4.90 Å². The van der Waals surface area contributed by atoms with Crippen LogP contribution in [-0.2, 0) is 9.53 Å². The van der Waals surface area contributed by atoms with Crippen LogP contribution in [0.4, 0.5) is 0 Å². The van der Waals surface area contributed by atoms with Crippen LogP contribution in [-0.4, -0.2) is 47.8 Å². The highest BCUT2D eigenvalue weighted by Crippen LogP contribution is 2.12. The molecule has 0 aromatic heterocycles. The zero-order valence-electron chi connectivity index (χ0n) is 12.5. The number of unbranched alkanes of at least 4 members (excludes halogenated alkanes) is 1. The molecule has 1 aliphatic rings. The van der Waals surface area contributed by atoms with E-state index in [1.807, 2.05) is 0 Å². The molecule has 1 fully saturated rings. The van der Waals surface area contributed by atoms with Crippen LogP contribution in [0.15, 0.2) is 0 Å². The number of aliphatic hydroxyl groups is 1. The van der Waals surface area contributed by atoms with Gasteiger partial charge in [-0.3, -0.25) is 4.79 Å². The van der Waals surface area contributed by atoms with Crippen molar-refractivity contribution in [2.45, 2.75) is 64.4 Å². The van der Waals surface area contributed by atoms with Crippen LogP contribution in [0, 0.1) is 0 Å². The van der Waals surface area contributed by atoms with Crippen LogP contribution in [0.25, 0.3) is 0 Å². The van der Waals surface area contributed by atoms with Crippen molar-refractivity contribution in [3.63, 3.8) is 0 Å². The molecule has 1 rings (SSSR count). The lowest BCUT2D eigenvalue weighted by atomic mass is 10.0. The monoisotopic (exact) mass is 271 g/mol. The Morgan fingerprint density at radius 3 is 2.53 bits per heavy atom. The third-order valence-electron chi connectivity index (χ3n) is 3.53. The molecule has 1 heterocycles. The van der Waals surface area contributed by atoms with E-state index in [-0.39, 0.29) is 5.97 Å². The minimum Gasteiger partial charge on any atom is -0.466 e. The standard InChI is InChI=1S/C15H29NO3/c1-15(2,18)9-4-7-13-19-14(17)8-12-16-10-5-3-6-11-16/h18H,3-13H2,1-2H3. The average molecular weight is 271 g/mol. The number of likely N-dealkylation sites (tertiary alicyclic amines) is 1. The molecule has 4 heteroatoms. The molecule has 0 amide bonds. The summed E-state index contributed by atoms with van der Waals surface area (Å²) in [4.78, 5) is 13.9. The van der Waals surface area contributed by atoms with E-state index < -0.39 is 5.60 Å². The molecule has 0 aromatic carbocycles. The van der Waals surface area contributed by atoms with Gasteiger partial charge in [0.25, 0.3) is 0 Å². The first-order valence-electron chi connectivity index (χ1n) is 7.58. The number of hydrogen-bond acceptors (Lipinski definition) is 4. The van der Waals surface area contributed by atoms with Crippen LogP contribution in [0.5, 0.6) is 0 Å². The maximum atomic E-state index is 11.5. The third-order valence-corrected chi connectivity index (χ3v) is 3.53. The second-order valence-electron chi connectivity index (χ2n) is 6.14. The predicted molar refractivity (Wildman–Crippen MR) is 76.0 cm³/mol. The molecular weight excluding hydrogens is 242 g/mol. The summed E-state index contributed by atoms with van der Waals surface area (Å²) in [5.41, 5.74) is -0.613. The van der Waals surface area contributed by atoms with E-state index >= 15 is 0 Å². The van der Waals surface area contributed by atoms with Gasteiger partial charge in [0, 0.05) is 6.54 Å². The Kier molecular flexibility index (Phi) is 7.39. The number of hydrogen-bond donors (Lipinski definition) is 1. The van der Waals surface area contributed by atoms with Crippen molar-refractivity contribution in [2.75, 3.05) is 26.2 Å². The van der Waals surface area contributed by atoms with Gasteiger partial charge in [-0.25, -0.2) is 0 Å². The molecule has 0 spiro atoms. The number of piperidine rings is 1. The molecule has 4 nitrogen and oxygen atoms in total. The lowest BCUT2D eigenvalue weighted by Crippen LogP contribution is -2.32. The molecular formula is C15H29NO3. The molecule has 0 saturated carbocycles. The average Bonchev–Trinajstić information content (AvgIpc) is 2.36. The topological polar surface area (TPSA) is 49.8 Å². The highest BCUT2D eigenvalue weighted by Gasteiger charge is 2.13. The van der Waals surface area contributed by atoms with Crippen LogP contribution < -0.4 is 0 Å². The summed E-state index contributed by atoms with van der Waals surface area (Å²) < 4.78 is 5.20. The van der Waals surface area contributed by atoms with Crippen LogP contribution in [0.2, 0.25) is 0 Å². The van der Waals surface area contributed by atoms with Crippen molar-refractivity contribution < 1.29 is 14.6 Å². The quantitative estimate of drug-likeness (QED) is 0.544. The first-order valence-corrected chi connectivity index (χ1v) is 7.58. The minimum atomic E-state index is -0.613. The normalized spacial score (nSPS) is 17.4. The van der Waals surface area contributed by atoms with E-state index in [0.29, 0.717) is 13.0 Å². The largest absolute Gasteiger partial charge is 0.466 e. The Labute approximate surface area is 117 Å². The van der Waals surface area contributed by atoms with Gasteiger partial charge in [-0.2, -0.15) is 0 Å². The van der Waals surface area contributed by atoms with Gasteiger partial charge >= 0.3 is 5.97 Å². The molecule has 112 valence electrons. The van der Waals surface area contributed by atoms with Gasteiger partial charge in [-0.05, 0) is 59.0 Å². The lowest BCUT2D eigenvalue weighted by Gasteiger charge is -2.25. The van der Waals surface area contributed by atoms with Gasteiger partial charge in [0.2, 0.25) is 0 Å². The second kappa shape index (κ2) is 8.54. The van der Waals surface area contributed by atoms with E-state index in [1.54, 1.807) is 13.8 Å². The first-order chi connectivity index (χ1) is 8.97. The fourth-order valence-corrected chi connectivity index (χ4v) is 2.35. The number of rotatable bonds is 8. The smallest absolute Gasteiger partial charge is 0.307 e. The summed E-state index contributed by atoms with van der Waals surface area (Å²) in [7, 11) is 0. The molecule has 1 N–H and O–H groups in total. The van der Waals surface area contributed by atoms with Gasteiger partial charge in [0.1, 0.15) is 0 Å². The van der Waals surface area contributed by atoms with E-state index in [9.17, 15) is 9.90 Å². The summed E-state index contributed by atoms with van der Waals surface area (Å²) in [6.45, 7) is 7.17. The minimum absolute atomic E-state index is 0.0890. The van der Waals surface area contributed by atoms with Gasteiger partial charge in [0.05, 0.1) is 18.6 Å². The zero-order chi connectivity index (χ0) is 14.1. The Bertz CT molecular complexity index is 255. The van der Waals surface area contributed by atoms with Crippen LogP contribution in [0.1, 0.15) is 58.8 Å². The number of carbonyl (C=O) groups is 1. The Morgan fingerprint density at radius 2 is 1.89 bits per heavy atom. The van der Waals surface area contributed by atoms with Crippen LogP contribution >= 0.6 is 0 Å². The molecule has 0 aliphatic carbocycles. The van der Waals surface area contributed by atoms with Gasteiger partial charge < -0.3 is 14.7 Å². The van der Waals surface area contributed by atoms with Crippen molar-refractivity contribution in [3.05, 3.63) is 0 Å². The molecule has 1 aliphatic heterocycles. The van der Waals surface area contributed by atoms with Crippen molar-refractivity contribution in [1.82, 2.24) is 4.90 Å². The Balaban J connectivity index is 1.95. The summed E-state index contributed by atoms with van der Waals surface area (Å²) in [5.74, 6) is -0.0890. The fraction of sp³-hybridized carbons (Fsp3) is 0.933. The van der Waals surface area contributed by atoms with Crippen molar-refractivity contribution >= 4 is 5.97 Å². The number of esters is 1. The Hall–Kier alpha value is -0.610. The van der Waals surface area contributed by atoms with Gasteiger partial charge in [0.15, 0.2) is 0 Å². The third kappa shape index (κ3) is 9.00. The predicted octanol–water partition coefficient (Wildman–Crippen LogP) is 2.35. The second-order valence-corrected chi connectivity index (χ2v) is 6.14. The molecule has 0 bridgehead atoms. The molecule has 1 saturated heterocycles. The molecule has 0 aromatic rings. The highest BCUT2D eigenvalue weighted by atomic mass is 16.5. The zero-order valence-corrected chi connectivity index (χ0v) is 12.5. The summed E-state index contributed by atoms with van der Waals surface area (Å²) in [6.07, 6.45) is 6.81. The fourth-order valence-electron chi connectivity index (χ4n) is 2.35. The summed E-state index contributed by atoms with van der Waals surface area (Å²) in [6, 6.07) is 0. The Morgan fingerprint density at radius 1 is 1.21 bits per heavy atom. The molecule has 0 atom stereocenters.